The number of aliphatic imine (C=N–C) groups is 1. The van der Waals surface area contributed by atoms with E-state index in [0.29, 0.717) is 0 Å². The second-order valence-corrected chi connectivity index (χ2v) is 16.1. The van der Waals surface area contributed by atoms with Gasteiger partial charge in [0.1, 0.15) is 0 Å². The summed E-state index contributed by atoms with van der Waals surface area (Å²) in [6.07, 6.45) is 2.20. The Kier molecular flexibility index (Phi) is 9.89. The molecule has 0 aliphatic heterocycles. The van der Waals surface area contributed by atoms with Crippen molar-refractivity contribution in [2.24, 2.45) is 4.99 Å². The van der Waals surface area contributed by atoms with E-state index in [1.165, 1.54) is 66.0 Å². The highest BCUT2D eigenvalue weighted by molar-refractivity contribution is 6.13. The quantitative estimate of drug-likeness (QED) is 0.130. The van der Waals surface area contributed by atoms with Gasteiger partial charge in [-0.15, -0.1) is 0 Å². The first-order valence-electron chi connectivity index (χ1n) is 21.5. The highest BCUT2D eigenvalue weighted by Crippen LogP contribution is 2.40. The molecule has 0 spiro atoms. The lowest BCUT2D eigenvalue weighted by atomic mass is 9.99. The lowest BCUT2D eigenvalue weighted by Gasteiger charge is -2.18. The van der Waals surface area contributed by atoms with Crippen LogP contribution >= 0.6 is 0 Å². The van der Waals surface area contributed by atoms with E-state index in [1.807, 2.05) is 0 Å². The molecular weight excluding hydrogens is 765 g/mol. The van der Waals surface area contributed by atoms with Crippen LogP contribution in [0.4, 0.5) is 0 Å². The first-order chi connectivity index (χ1) is 31.2. The number of hydrogen-bond donors (Lipinski definition) is 1. The zero-order chi connectivity index (χ0) is 42.1. The van der Waals surface area contributed by atoms with Gasteiger partial charge in [0, 0.05) is 45.0 Å². The average molecular weight is 809 g/mol. The molecular formula is C59H44N4. The Labute approximate surface area is 367 Å². The SMILES string of the molecule is C=N/C(=C\C(NCc1ccccc1)c1ccccc1)c1cccc(-n2c3ccc(-c4ccccc4)cc3c3cc(-c4ccc5c(c4)c4ccccc4n5-c4ccccc4)ccc32)c1. The lowest BCUT2D eigenvalue weighted by molar-refractivity contribution is 0.621. The predicted octanol–water partition coefficient (Wildman–Crippen LogP) is 14.8. The molecule has 0 amide bonds. The maximum atomic E-state index is 4.64. The number of nitrogens with zero attached hydrogens (tertiary/aromatic N) is 3. The zero-order valence-corrected chi connectivity index (χ0v) is 34.8. The van der Waals surface area contributed by atoms with Crippen LogP contribution in [0.15, 0.2) is 236 Å². The van der Waals surface area contributed by atoms with E-state index < -0.39 is 0 Å². The largest absolute Gasteiger partial charge is 0.309 e. The molecule has 0 radical (unpaired) electrons. The van der Waals surface area contributed by atoms with E-state index in [-0.39, 0.29) is 6.04 Å². The van der Waals surface area contributed by atoms with Crippen LogP contribution in [-0.2, 0) is 6.54 Å². The number of hydrogen-bond acceptors (Lipinski definition) is 2. The van der Waals surface area contributed by atoms with E-state index >= 15 is 0 Å². The van der Waals surface area contributed by atoms with Crippen LogP contribution in [0, 0.1) is 0 Å². The third-order valence-corrected chi connectivity index (χ3v) is 12.3. The summed E-state index contributed by atoms with van der Waals surface area (Å²) in [4.78, 5) is 4.64. The molecule has 11 rings (SSSR count). The standard InChI is InChI=1S/C59H44N4/c1-60-54(39-55(43-21-10-4-11-22-43)61-40-41-17-6-2-7-18-41)47-23-16-26-49(35-47)63-58-32-29-44(42-19-8-3-9-20-42)36-52(58)53-38-46(31-34-59(53)63)45-30-33-57-51(37-45)50-27-14-15-28-56(50)62(57)48-24-12-5-13-25-48/h2-39,55,61H,1,40H2/b54-39-. The Morgan fingerprint density at radius 1 is 0.444 bits per heavy atom. The molecule has 4 heteroatoms. The minimum Gasteiger partial charge on any atom is -0.309 e. The minimum atomic E-state index is -0.0762. The van der Waals surface area contributed by atoms with Crippen molar-refractivity contribution in [3.8, 4) is 33.6 Å². The van der Waals surface area contributed by atoms with E-state index in [4.69, 9.17) is 0 Å². The topological polar surface area (TPSA) is 34.2 Å². The zero-order valence-electron chi connectivity index (χ0n) is 34.8. The molecule has 0 saturated carbocycles. The monoisotopic (exact) mass is 808 g/mol. The van der Waals surface area contributed by atoms with E-state index in [0.717, 1.165) is 40.2 Å². The molecule has 2 aromatic heterocycles. The number of rotatable bonds is 11. The molecule has 9 aromatic carbocycles. The molecule has 1 unspecified atom stereocenters. The normalized spacial score (nSPS) is 12.3. The molecule has 0 aliphatic carbocycles. The van der Waals surface area contributed by atoms with Gasteiger partial charge in [0.05, 0.1) is 33.8 Å². The third-order valence-electron chi connectivity index (χ3n) is 12.3. The molecule has 0 fully saturated rings. The van der Waals surface area contributed by atoms with Gasteiger partial charge in [0.25, 0.3) is 0 Å². The fourth-order valence-corrected chi connectivity index (χ4v) is 9.26. The summed E-state index contributed by atoms with van der Waals surface area (Å²) in [5, 5.41) is 8.65. The second kappa shape index (κ2) is 16.4. The van der Waals surface area contributed by atoms with Crippen molar-refractivity contribution in [2.45, 2.75) is 12.6 Å². The number of nitrogens with one attached hydrogen (secondary N) is 1. The van der Waals surface area contributed by atoms with Gasteiger partial charge in [-0.2, -0.15) is 0 Å². The highest BCUT2D eigenvalue weighted by atomic mass is 15.0. The van der Waals surface area contributed by atoms with Crippen molar-refractivity contribution in [1.82, 2.24) is 14.5 Å². The molecule has 63 heavy (non-hydrogen) atoms. The van der Waals surface area contributed by atoms with E-state index in [1.54, 1.807) is 0 Å². The van der Waals surface area contributed by atoms with Gasteiger partial charge in [0.15, 0.2) is 0 Å². The van der Waals surface area contributed by atoms with Crippen LogP contribution in [0.3, 0.4) is 0 Å². The molecule has 11 aromatic rings. The molecule has 4 nitrogen and oxygen atoms in total. The molecule has 0 aliphatic rings. The lowest BCUT2D eigenvalue weighted by Crippen LogP contribution is -2.19. The van der Waals surface area contributed by atoms with Crippen LogP contribution in [0.2, 0.25) is 0 Å². The maximum absolute atomic E-state index is 4.64. The van der Waals surface area contributed by atoms with E-state index in [2.05, 4.69) is 257 Å². The van der Waals surface area contributed by atoms with Crippen molar-refractivity contribution in [2.75, 3.05) is 0 Å². The molecule has 300 valence electrons. The number of para-hydroxylation sites is 2. The average Bonchev–Trinajstić information content (AvgIpc) is 3.87. The van der Waals surface area contributed by atoms with Crippen molar-refractivity contribution in [1.29, 1.82) is 0 Å². The van der Waals surface area contributed by atoms with Gasteiger partial charge in [-0.05, 0) is 113 Å². The first-order valence-corrected chi connectivity index (χ1v) is 21.5. The minimum absolute atomic E-state index is 0.0762. The van der Waals surface area contributed by atoms with Crippen LogP contribution in [0.25, 0.3) is 82.9 Å². The fourth-order valence-electron chi connectivity index (χ4n) is 9.26. The van der Waals surface area contributed by atoms with Crippen molar-refractivity contribution < 1.29 is 0 Å². The molecule has 1 atom stereocenters. The Morgan fingerprint density at radius 2 is 0.937 bits per heavy atom. The molecule has 2 heterocycles. The Hall–Kier alpha value is -8.05. The van der Waals surface area contributed by atoms with Gasteiger partial charge in [-0.1, -0.05) is 158 Å². The number of fused-ring (bicyclic) bond motifs is 6. The highest BCUT2D eigenvalue weighted by Gasteiger charge is 2.18. The van der Waals surface area contributed by atoms with Crippen molar-refractivity contribution >= 4 is 56.0 Å². The van der Waals surface area contributed by atoms with Gasteiger partial charge >= 0.3 is 0 Å². The Balaban J connectivity index is 1.04. The van der Waals surface area contributed by atoms with Crippen molar-refractivity contribution in [3.63, 3.8) is 0 Å². The summed E-state index contributed by atoms with van der Waals surface area (Å²) >= 11 is 0. The van der Waals surface area contributed by atoms with Crippen LogP contribution in [-0.4, -0.2) is 15.9 Å². The second-order valence-electron chi connectivity index (χ2n) is 16.1. The van der Waals surface area contributed by atoms with Crippen LogP contribution < -0.4 is 5.32 Å². The molecule has 0 bridgehead atoms. The first kappa shape index (κ1) is 37.9. The van der Waals surface area contributed by atoms with Crippen molar-refractivity contribution in [3.05, 3.63) is 247 Å². The Morgan fingerprint density at radius 3 is 1.57 bits per heavy atom. The maximum Gasteiger partial charge on any atom is 0.0674 e. The predicted molar refractivity (Wildman–Crippen MR) is 266 cm³/mol. The number of aromatic nitrogens is 2. The summed E-state index contributed by atoms with van der Waals surface area (Å²) < 4.78 is 4.77. The summed E-state index contributed by atoms with van der Waals surface area (Å²) in [6, 6.07) is 80.4. The smallest absolute Gasteiger partial charge is 0.0674 e. The summed E-state index contributed by atoms with van der Waals surface area (Å²) in [5.74, 6) is 0. The Bertz CT molecular complexity index is 3450. The van der Waals surface area contributed by atoms with Crippen LogP contribution in [0.5, 0.6) is 0 Å². The number of benzene rings is 9. The molecule has 0 saturated heterocycles. The molecule has 1 N–H and O–H groups in total. The third kappa shape index (κ3) is 7.13. The summed E-state index contributed by atoms with van der Waals surface area (Å²) in [7, 11) is 0. The summed E-state index contributed by atoms with van der Waals surface area (Å²) in [6.45, 7) is 4.79. The van der Waals surface area contributed by atoms with Gasteiger partial charge in [0.2, 0.25) is 0 Å². The van der Waals surface area contributed by atoms with E-state index in [9.17, 15) is 0 Å². The summed E-state index contributed by atoms with van der Waals surface area (Å²) in [5.41, 5.74) is 15.9. The van der Waals surface area contributed by atoms with Crippen LogP contribution in [0.1, 0.15) is 22.7 Å². The van der Waals surface area contributed by atoms with Gasteiger partial charge < -0.3 is 14.5 Å². The van der Waals surface area contributed by atoms with Gasteiger partial charge in [-0.25, -0.2) is 0 Å². The van der Waals surface area contributed by atoms with Gasteiger partial charge in [-0.3, -0.25) is 4.99 Å². The fraction of sp³-hybridized carbons (Fsp3) is 0.0339.